The first-order valence-electron chi connectivity index (χ1n) is 5.06. The lowest BCUT2D eigenvalue weighted by molar-refractivity contribution is 1.06. The molecule has 0 aliphatic rings. The fourth-order valence-electron chi connectivity index (χ4n) is 1.58. The summed E-state index contributed by atoms with van der Waals surface area (Å²) < 4.78 is 1.13. The van der Waals surface area contributed by atoms with E-state index in [1.165, 1.54) is 11.8 Å². The number of thiazole rings is 1. The average Bonchev–Trinajstić information content (AvgIpc) is 2.87. The highest BCUT2D eigenvalue weighted by Gasteiger charge is 2.08. The molecule has 0 aliphatic carbocycles. The minimum absolute atomic E-state index is 0.766. The Kier molecular flexibility index (Phi) is 2.53. The van der Waals surface area contributed by atoms with Gasteiger partial charge < -0.3 is 10.7 Å². The van der Waals surface area contributed by atoms with E-state index in [0.29, 0.717) is 0 Å². The molecule has 17 heavy (non-hydrogen) atoms. The maximum Gasteiger partial charge on any atom is 0.170 e. The van der Waals surface area contributed by atoms with Gasteiger partial charge in [-0.15, -0.1) is 11.3 Å². The van der Waals surface area contributed by atoms with Crippen molar-refractivity contribution < 1.29 is 0 Å². The van der Waals surface area contributed by atoms with Crippen molar-refractivity contribution in [3.05, 3.63) is 29.5 Å². The van der Waals surface area contributed by atoms with Crippen LogP contribution >= 0.6 is 23.1 Å². The fourth-order valence-corrected chi connectivity index (χ4v) is 3.24. The molecule has 0 radical (unpaired) electrons. The van der Waals surface area contributed by atoms with Gasteiger partial charge in [-0.2, -0.15) is 0 Å². The molecule has 86 valence electrons. The van der Waals surface area contributed by atoms with Crippen molar-refractivity contribution in [1.29, 1.82) is 0 Å². The molecule has 3 rings (SSSR count). The predicted molar refractivity (Wildman–Crippen MR) is 71.5 cm³/mol. The molecule has 1 aromatic carbocycles. The maximum atomic E-state index is 6.03. The van der Waals surface area contributed by atoms with E-state index in [1.54, 1.807) is 23.7 Å². The molecule has 2 heterocycles. The first kappa shape index (κ1) is 10.6. The largest absolute Gasteiger partial charge is 0.398 e. The number of hydrogen-bond acceptors (Lipinski definition) is 5. The topological polar surface area (TPSA) is 67.6 Å². The van der Waals surface area contributed by atoms with Crippen LogP contribution < -0.4 is 5.73 Å². The number of aryl methyl sites for hydroxylation is 1. The van der Waals surface area contributed by atoms with Gasteiger partial charge in [-0.3, -0.25) is 0 Å². The van der Waals surface area contributed by atoms with E-state index >= 15 is 0 Å². The third-order valence-electron chi connectivity index (χ3n) is 2.31. The van der Waals surface area contributed by atoms with Gasteiger partial charge in [0.25, 0.3) is 0 Å². The molecular weight excluding hydrogens is 252 g/mol. The third kappa shape index (κ3) is 2.01. The van der Waals surface area contributed by atoms with Gasteiger partial charge in [0.05, 0.1) is 15.2 Å². The zero-order chi connectivity index (χ0) is 11.8. The Morgan fingerprint density at radius 1 is 1.41 bits per heavy atom. The lowest BCUT2D eigenvalue weighted by atomic mass is 10.3. The second kappa shape index (κ2) is 4.05. The molecule has 0 spiro atoms. The van der Waals surface area contributed by atoms with Crippen molar-refractivity contribution in [2.45, 2.75) is 17.0 Å². The number of nitrogens with zero attached hydrogens (tertiary/aromatic N) is 2. The summed E-state index contributed by atoms with van der Waals surface area (Å²) >= 11 is 3.18. The number of nitrogens with one attached hydrogen (secondary N) is 1. The molecule has 0 unspecified atom stereocenters. The summed E-state index contributed by atoms with van der Waals surface area (Å²) in [4.78, 5) is 12.7. The molecule has 2 aromatic heterocycles. The number of nitrogen functional groups attached to an aromatic ring is 1. The van der Waals surface area contributed by atoms with E-state index in [2.05, 4.69) is 15.0 Å². The number of imidazole rings is 1. The van der Waals surface area contributed by atoms with Crippen LogP contribution in [0.3, 0.4) is 0 Å². The summed E-state index contributed by atoms with van der Waals surface area (Å²) in [7, 11) is 0. The first-order valence-corrected chi connectivity index (χ1v) is 6.69. The number of benzene rings is 1. The number of H-pyrrole nitrogens is 1. The SMILES string of the molecule is Cc1nc2cc(Sc3ncc[nH]3)c(N)cc2s1. The summed E-state index contributed by atoms with van der Waals surface area (Å²) in [6.45, 7) is 2.00. The standard InChI is InChI=1S/C11H10N4S2/c1-6-15-8-5-9(7(12)4-10(8)16-6)17-11-13-2-3-14-11/h2-5H,12H2,1H3,(H,13,14). The Labute approximate surface area is 106 Å². The molecule has 0 saturated carbocycles. The highest BCUT2D eigenvalue weighted by molar-refractivity contribution is 7.99. The molecular formula is C11H10N4S2. The van der Waals surface area contributed by atoms with E-state index in [-0.39, 0.29) is 0 Å². The summed E-state index contributed by atoms with van der Waals surface area (Å²) in [5.74, 6) is 0. The van der Waals surface area contributed by atoms with Crippen LogP contribution in [-0.4, -0.2) is 15.0 Å². The summed E-state index contributed by atoms with van der Waals surface area (Å²) in [5, 5.41) is 1.89. The van der Waals surface area contributed by atoms with Crippen LogP contribution in [0.4, 0.5) is 5.69 Å². The second-order valence-corrected chi connectivity index (χ2v) is 5.85. The molecule has 0 bridgehead atoms. The van der Waals surface area contributed by atoms with Crippen molar-refractivity contribution in [2.24, 2.45) is 0 Å². The van der Waals surface area contributed by atoms with Crippen molar-refractivity contribution >= 4 is 39.0 Å². The third-order valence-corrected chi connectivity index (χ3v) is 4.23. The Morgan fingerprint density at radius 2 is 2.29 bits per heavy atom. The van der Waals surface area contributed by atoms with Crippen LogP contribution in [0.2, 0.25) is 0 Å². The van der Waals surface area contributed by atoms with Gasteiger partial charge in [0.2, 0.25) is 0 Å². The molecule has 0 atom stereocenters. The van der Waals surface area contributed by atoms with Crippen molar-refractivity contribution in [3.63, 3.8) is 0 Å². The average molecular weight is 262 g/mol. The number of aromatic nitrogens is 3. The number of fused-ring (bicyclic) bond motifs is 1. The Bertz CT molecular complexity index is 657. The zero-order valence-electron chi connectivity index (χ0n) is 9.10. The van der Waals surface area contributed by atoms with Gasteiger partial charge in [0, 0.05) is 23.0 Å². The van der Waals surface area contributed by atoms with Gasteiger partial charge in [0.15, 0.2) is 5.16 Å². The monoisotopic (exact) mass is 262 g/mol. The lowest BCUT2D eigenvalue weighted by Crippen LogP contribution is -1.88. The quantitative estimate of drug-likeness (QED) is 0.696. The molecule has 3 aromatic rings. The summed E-state index contributed by atoms with van der Waals surface area (Å²) in [5.41, 5.74) is 7.79. The molecule has 3 N–H and O–H groups in total. The second-order valence-electron chi connectivity index (χ2n) is 3.59. The van der Waals surface area contributed by atoms with Crippen LogP contribution in [0.25, 0.3) is 10.2 Å². The zero-order valence-corrected chi connectivity index (χ0v) is 10.7. The van der Waals surface area contributed by atoms with Gasteiger partial charge in [-0.25, -0.2) is 9.97 Å². The van der Waals surface area contributed by atoms with Crippen molar-refractivity contribution in [3.8, 4) is 0 Å². The Balaban J connectivity index is 2.06. The van der Waals surface area contributed by atoms with Crippen molar-refractivity contribution in [1.82, 2.24) is 15.0 Å². The van der Waals surface area contributed by atoms with E-state index in [0.717, 1.165) is 31.0 Å². The van der Waals surface area contributed by atoms with E-state index in [9.17, 15) is 0 Å². The van der Waals surface area contributed by atoms with Gasteiger partial charge in [-0.05, 0) is 30.8 Å². The summed E-state index contributed by atoms with van der Waals surface area (Å²) in [6.07, 6.45) is 3.52. The van der Waals surface area contributed by atoms with Crippen LogP contribution in [-0.2, 0) is 0 Å². The molecule has 0 amide bonds. The molecule has 0 saturated heterocycles. The minimum Gasteiger partial charge on any atom is -0.398 e. The number of anilines is 1. The lowest BCUT2D eigenvalue weighted by Gasteiger charge is -2.02. The maximum absolute atomic E-state index is 6.03. The number of rotatable bonds is 2. The summed E-state index contributed by atoms with van der Waals surface area (Å²) in [6, 6.07) is 3.99. The van der Waals surface area contributed by atoms with Gasteiger partial charge in [-0.1, -0.05) is 0 Å². The number of aromatic amines is 1. The van der Waals surface area contributed by atoms with Gasteiger partial charge in [0.1, 0.15) is 0 Å². The van der Waals surface area contributed by atoms with E-state index in [4.69, 9.17) is 5.73 Å². The number of nitrogens with two attached hydrogens (primary N) is 1. The molecule has 0 fully saturated rings. The van der Waals surface area contributed by atoms with Crippen molar-refractivity contribution in [2.75, 3.05) is 5.73 Å². The Morgan fingerprint density at radius 3 is 3.06 bits per heavy atom. The van der Waals surface area contributed by atoms with Crippen LogP contribution in [0, 0.1) is 6.92 Å². The normalized spacial score (nSPS) is 11.1. The van der Waals surface area contributed by atoms with Crippen LogP contribution in [0.5, 0.6) is 0 Å². The van der Waals surface area contributed by atoms with E-state index < -0.39 is 0 Å². The fraction of sp³-hybridized carbons (Fsp3) is 0.0909. The highest BCUT2D eigenvalue weighted by Crippen LogP contribution is 2.34. The highest BCUT2D eigenvalue weighted by atomic mass is 32.2. The molecule has 4 nitrogen and oxygen atoms in total. The first-order chi connectivity index (χ1) is 8.22. The number of hydrogen-bond donors (Lipinski definition) is 2. The van der Waals surface area contributed by atoms with Crippen LogP contribution in [0.15, 0.2) is 34.6 Å². The molecule has 6 heteroatoms. The Hall–Kier alpha value is -1.53. The van der Waals surface area contributed by atoms with Crippen LogP contribution in [0.1, 0.15) is 5.01 Å². The minimum atomic E-state index is 0.766. The predicted octanol–water partition coefficient (Wildman–Crippen LogP) is 3.06. The van der Waals surface area contributed by atoms with E-state index in [1.807, 2.05) is 19.1 Å². The van der Waals surface area contributed by atoms with Gasteiger partial charge >= 0.3 is 0 Å². The smallest absolute Gasteiger partial charge is 0.170 e. The molecule has 0 aliphatic heterocycles.